The zero-order valence-corrected chi connectivity index (χ0v) is 12.7. The predicted molar refractivity (Wildman–Crippen MR) is 89.7 cm³/mol. The summed E-state index contributed by atoms with van der Waals surface area (Å²) in [6.45, 7) is 0. The Morgan fingerprint density at radius 1 is 1.04 bits per heavy atom. The van der Waals surface area contributed by atoms with Gasteiger partial charge >= 0.3 is 0 Å². The van der Waals surface area contributed by atoms with Crippen molar-refractivity contribution in [3.63, 3.8) is 0 Å². The molecule has 5 nitrogen and oxygen atoms in total. The average molecular weight is 326 g/mol. The molecule has 0 aliphatic carbocycles. The van der Waals surface area contributed by atoms with Crippen LogP contribution in [0.3, 0.4) is 0 Å². The molecule has 1 aromatic heterocycles. The van der Waals surface area contributed by atoms with Gasteiger partial charge in [-0.1, -0.05) is 29.8 Å². The van der Waals surface area contributed by atoms with E-state index in [2.05, 4.69) is 15.5 Å². The molecule has 1 heterocycles. The molecule has 114 valence electrons. The molecule has 0 saturated carbocycles. The SMILES string of the molecule is O=C(Nc1cccc(-c2ccc(=O)[nH]n2)c1)c1cccc(Cl)c1. The van der Waals surface area contributed by atoms with E-state index in [4.69, 9.17) is 11.6 Å². The highest BCUT2D eigenvalue weighted by Gasteiger charge is 2.07. The minimum atomic E-state index is -0.265. The Hall–Kier alpha value is -2.92. The van der Waals surface area contributed by atoms with Crippen LogP contribution >= 0.6 is 11.6 Å². The third-order valence-electron chi connectivity index (χ3n) is 3.18. The lowest BCUT2D eigenvalue weighted by Gasteiger charge is -2.07. The minimum absolute atomic E-state index is 0.251. The second-order valence-electron chi connectivity index (χ2n) is 4.85. The zero-order valence-electron chi connectivity index (χ0n) is 11.9. The first-order chi connectivity index (χ1) is 11.1. The van der Waals surface area contributed by atoms with Gasteiger partial charge in [0.15, 0.2) is 0 Å². The number of anilines is 1. The molecule has 0 fully saturated rings. The number of halogens is 1. The normalized spacial score (nSPS) is 10.3. The molecule has 3 rings (SSSR count). The van der Waals surface area contributed by atoms with Crippen molar-refractivity contribution < 1.29 is 4.79 Å². The molecule has 0 bridgehead atoms. The summed E-state index contributed by atoms with van der Waals surface area (Å²) >= 11 is 5.89. The van der Waals surface area contributed by atoms with E-state index >= 15 is 0 Å². The Bertz CT molecular complexity index is 901. The van der Waals surface area contributed by atoms with Gasteiger partial charge in [-0.2, -0.15) is 5.10 Å². The van der Waals surface area contributed by atoms with Crippen molar-refractivity contribution in [1.29, 1.82) is 0 Å². The van der Waals surface area contributed by atoms with E-state index in [1.807, 2.05) is 6.07 Å². The summed E-state index contributed by atoms with van der Waals surface area (Å²) in [6.07, 6.45) is 0. The van der Waals surface area contributed by atoms with Gasteiger partial charge in [-0.25, -0.2) is 5.10 Å². The predicted octanol–water partition coefficient (Wildman–Crippen LogP) is 3.34. The van der Waals surface area contributed by atoms with E-state index in [9.17, 15) is 9.59 Å². The maximum Gasteiger partial charge on any atom is 0.264 e. The molecular weight excluding hydrogens is 314 g/mol. The molecule has 6 heteroatoms. The quantitative estimate of drug-likeness (QED) is 0.775. The number of H-pyrrole nitrogens is 1. The van der Waals surface area contributed by atoms with Crippen molar-refractivity contribution in [2.75, 3.05) is 5.32 Å². The van der Waals surface area contributed by atoms with E-state index in [1.165, 1.54) is 6.07 Å². The Balaban J connectivity index is 1.84. The summed E-state index contributed by atoms with van der Waals surface area (Å²) in [5.41, 5.74) is 2.23. The van der Waals surface area contributed by atoms with Gasteiger partial charge in [0.2, 0.25) is 0 Å². The standard InChI is InChI=1S/C17H12ClN3O2/c18-13-5-1-4-12(9-13)17(23)19-14-6-2-3-11(10-14)15-7-8-16(22)21-20-15/h1-10H,(H,19,23)(H,21,22). The number of amides is 1. The fourth-order valence-corrected chi connectivity index (χ4v) is 2.28. The number of nitrogens with one attached hydrogen (secondary N) is 2. The van der Waals surface area contributed by atoms with Crippen LogP contribution < -0.4 is 10.9 Å². The van der Waals surface area contributed by atoms with Crippen LogP contribution in [0.15, 0.2) is 65.5 Å². The summed E-state index contributed by atoms with van der Waals surface area (Å²) in [4.78, 5) is 23.3. The Morgan fingerprint density at radius 2 is 1.87 bits per heavy atom. The van der Waals surface area contributed by atoms with Crippen LogP contribution in [-0.2, 0) is 0 Å². The molecule has 0 aliphatic rings. The van der Waals surface area contributed by atoms with Gasteiger partial charge in [-0.05, 0) is 36.4 Å². The molecule has 0 radical (unpaired) electrons. The lowest BCUT2D eigenvalue weighted by atomic mass is 10.1. The number of carbonyl (C=O) groups is 1. The molecular formula is C17H12ClN3O2. The number of hydrogen-bond donors (Lipinski definition) is 2. The third-order valence-corrected chi connectivity index (χ3v) is 3.42. The van der Waals surface area contributed by atoms with Gasteiger partial charge in [-0.3, -0.25) is 9.59 Å². The number of nitrogens with zero attached hydrogens (tertiary/aromatic N) is 1. The highest BCUT2D eigenvalue weighted by atomic mass is 35.5. The zero-order chi connectivity index (χ0) is 16.2. The van der Waals surface area contributed by atoms with Gasteiger partial charge in [0.05, 0.1) is 5.69 Å². The number of rotatable bonds is 3. The number of aromatic nitrogens is 2. The first kappa shape index (κ1) is 15.0. The third kappa shape index (κ3) is 3.64. The number of carbonyl (C=O) groups excluding carboxylic acids is 1. The van der Waals surface area contributed by atoms with Crippen molar-refractivity contribution in [2.24, 2.45) is 0 Å². The van der Waals surface area contributed by atoms with Gasteiger partial charge in [0.25, 0.3) is 11.5 Å². The van der Waals surface area contributed by atoms with Crippen molar-refractivity contribution in [1.82, 2.24) is 10.2 Å². The second-order valence-corrected chi connectivity index (χ2v) is 5.29. The second kappa shape index (κ2) is 6.46. The topological polar surface area (TPSA) is 74.8 Å². The fourth-order valence-electron chi connectivity index (χ4n) is 2.09. The van der Waals surface area contributed by atoms with Crippen LogP contribution in [0.25, 0.3) is 11.3 Å². The highest BCUT2D eigenvalue weighted by Crippen LogP contribution is 2.20. The molecule has 23 heavy (non-hydrogen) atoms. The number of aromatic amines is 1. The van der Waals surface area contributed by atoms with Crippen LogP contribution in [-0.4, -0.2) is 16.1 Å². The summed E-state index contributed by atoms with van der Waals surface area (Å²) < 4.78 is 0. The first-order valence-electron chi connectivity index (χ1n) is 6.85. The van der Waals surface area contributed by atoms with Gasteiger partial charge in [0.1, 0.15) is 0 Å². The van der Waals surface area contributed by atoms with Crippen LogP contribution in [0.1, 0.15) is 10.4 Å². The molecule has 0 aliphatic heterocycles. The van der Waals surface area contributed by atoms with Crippen LogP contribution in [0, 0.1) is 0 Å². The first-order valence-corrected chi connectivity index (χ1v) is 7.23. The molecule has 0 saturated heterocycles. The van der Waals surface area contributed by atoms with Crippen LogP contribution in [0.2, 0.25) is 5.02 Å². The molecule has 1 amide bonds. The molecule has 0 unspecified atom stereocenters. The lowest BCUT2D eigenvalue weighted by Crippen LogP contribution is -2.11. The number of benzene rings is 2. The van der Waals surface area contributed by atoms with Crippen molar-refractivity contribution in [3.8, 4) is 11.3 Å². The molecule has 0 atom stereocenters. The Morgan fingerprint density at radius 3 is 2.61 bits per heavy atom. The van der Waals surface area contributed by atoms with E-state index in [0.29, 0.717) is 22.0 Å². The molecule has 2 aromatic carbocycles. The summed E-state index contributed by atoms with van der Waals surface area (Å²) in [5.74, 6) is -0.251. The van der Waals surface area contributed by atoms with E-state index in [0.717, 1.165) is 5.56 Å². The van der Waals surface area contributed by atoms with Gasteiger partial charge < -0.3 is 5.32 Å². The van der Waals surface area contributed by atoms with Gasteiger partial charge in [-0.15, -0.1) is 0 Å². The van der Waals surface area contributed by atoms with Crippen LogP contribution in [0.5, 0.6) is 0 Å². The highest BCUT2D eigenvalue weighted by molar-refractivity contribution is 6.31. The molecule has 3 aromatic rings. The average Bonchev–Trinajstić information content (AvgIpc) is 2.56. The summed E-state index contributed by atoms with van der Waals surface area (Å²) in [6, 6.07) is 16.9. The largest absolute Gasteiger partial charge is 0.322 e. The Kier molecular flexibility index (Phi) is 4.21. The maximum absolute atomic E-state index is 12.2. The lowest BCUT2D eigenvalue weighted by molar-refractivity contribution is 0.102. The van der Waals surface area contributed by atoms with Gasteiger partial charge in [0, 0.05) is 27.9 Å². The number of hydrogen-bond acceptors (Lipinski definition) is 3. The fraction of sp³-hybridized carbons (Fsp3) is 0. The summed E-state index contributed by atoms with van der Waals surface area (Å²) in [7, 11) is 0. The monoisotopic (exact) mass is 325 g/mol. The van der Waals surface area contributed by atoms with E-state index < -0.39 is 0 Å². The maximum atomic E-state index is 12.2. The van der Waals surface area contributed by atoms with Crippen molar-refractivity contribution in [2.45, 2.75) is 0 Å². The summed E-state index contributed by atoms with van der Waals surface area (Å²) in [5, 5.41) is 9.67. The molecule has 0 spiro atoms. The smallest absolute Gasteiger partial charge is 0.264 e. The van der Waals surface area contributed by atoms with E-state index in [1.54, 1.807) is 48.5 Å². The van der Waals surface area contributed by atoms with E-state index in [-0.39, 0.29) is 11.5 Å². The van der Waals surface area contributed by atoms with Crippen LogP contribution in [0.4, 0.5) is 5.69 Å². The Labute approximate surface area is 136 Å². The molecule has 2 N–H and O–H groups in total. The van der Waals surface area contributed by atoms with Crippen molar-refractivity contribution in [3.05, 3.63) is 81.6 Å². The van der Waals surface area contributed by atoms with Crippen molar-refractivity contribution >= 4 is 23.2 Å². The minimum Gasteiger partial charge on any atom is -0.322 e.